The lowest BCUT2D eigenvalue weighted by Gasteiger charge is -2.40. The third-order valence-corrected chi connectivity index (χ3v) is 5.15. The van der Waals surface area contributed by atoms with Crippen LogP contribution in [0.5, 0.6) is 0 Å². The summed E-state index contributed by atoms with van der Waals surface area (Å²) in [7, 11) is 0. The maximum atomic E-state index is 12.9. The Labute approximate surface area is 127 Å². The highest BCUT2D eigenvalue weighted by Gasteiger charge is 2.40. The van der Waals surface area contributed by atoms with Crippen molar-refractivity contribution >= 4 is 5.91 Å². The van der Waals surface area contributed by atoms with E-state index in [1.165, 1.54) is 12.0 Å². The van der Waals surface area contributed by atoms with Crippen LogP contribution in [-0.2, 0) is 4.79 Å². The Kier molecular flexibility index (Phi) is 4.03. The minimum Gasteiger partial charge on any atom is -0.341 e. The minimum atomic E-state index is -0.0132. The largest absolute Gasteiger partial charge is 0.341 e. The molecule has 114 valence electrons. The molecule has 2 atom stereocenters. The molecule has 0 radical (unpaired) electrons. The Morgan fingerprint density at radius 2 is 2.05 bits per heavy atom. The molecule has 1 aromatic rings. The summed E-state index contributed by atoms with van der Waals surface area (Å²) < 4.78 is 0. The van der Waals surface area contributed by atoms with E-state index in [2.05, 4.69) is 54.4 Å². The molecule has 0 bridgehead atoms. The second-order valence-corrected chi connectivity index (χ2v) is 7.16. The van der Waals surface area contributed by atoms with Crippen LogP contribution in [0.15, 0.2) is 30.3 Å². The zero-order valence-corrected chi connectivity index (χ0v) is 13.1. The van der Waals surface area contributed by atoms with E-state index in [0.717, 1.165) is 32.5 Å². The standard InChI is InChI=1S/C18H26N2O/c1-18(2)10-6-11-19-16(18)17(21)20-12-9-15(13-20)14-7-4-3-5-8-14/h3-5,7-8,15-16,19H,6,9-13H2,1-2H3. The Hall–Kier alpha value is -1.35. The molecule has 2 aliphatic rings. The molecule has 2 aliphatic heterocycles. The van der Waals surface area contributed by atoms with Gasteiger partial charge in [0.15, 0.2) is 0 Å². The number of rotatable bonds is 2. The number of likely N-dealkylation sites (tertiary alicyclic amines) is 1. The predicted molar refractivity (Wildman–Crippen MR) is 85.2 cm³/mol. The molecule has 21 heavy (non-hydrogen) atoms. The fourth-order valence-corrected chi connectivity index (χ4v) is 3.77. The van der Waals surface area contributed by atoms with Crippen LogP contribution in [0.1, 0.15) is 44.6 Å². The molecular formula is C18H26N2O. The number of benzene rings is 1. The van der Waals surface area contributed by atoms with E-state index < -0.39 is 0 Å². The van der Waals surface area contributed by atoms with Gasteiger partial charge in [-0.25, -0.2) is 0 Å². The van der Waals surface area contributed by atoms with E-state index in [4.69, 9.17) is 0 Å². The number of nitrogens with zero attached hydrogens (tertiary/aromatic N) is 1. The molecule has 2 heterocycles. The molecule has 2 unspecified atom stereocenters. The number of carbonyl (C=O) groups excluding carboxylic acids is 1. The maximum absolute atomic E-state index is 12.9. The molecule has 0 aliphatic carbocycles. The Morgan fingerprint density at radius 3 is 2.76 bits per heavy atom. The minimum absolute atomic E-state index is 0.0132. The molecule has 2 fully saturated rings. The van der Waals surface area contributed by atoms with Crippen molar-refractivity contribution in [2.45, 2.75) is 45.1 Å². The van der Waals surface area contributed by atoms with Gasteiger partial charge in [0.2, 0.25) is 5.91 Å². The van der Waals surface area contributed by atoms with Crippen LogP contribution in [0.2, 0.25) is 0 Å². The van der Waals surface area contributed by atoms with Crippen molar-refractivity contribution < 1.29 is 4.79 Å². The third kappa shape index (κ3) is 2.98. The summed E-state index contributed by atoms with van der Waals surface area (Å²) >= 11 is 0. The van der Waals surface area contributed by atoms with Crippen LogP contribution in [0, 0.1) is 5.41 Å². The second kappa shape index (κ2) is 5.80. The summed E-state index contributed by atoms with van der Waals surface area (Å²) in [5.41, 5.74) is 1.43. The fourth-order valence-electron chi connectivity index (χ4n) is 3.77. The summed E-state index contributed by atoms with van der Waals surface area (Å²) in [6, 6.07) is 10.6. The molecule has 1 amide bonds. The lowest BCUT2D eigenvalue weighted by atomic mass is 9.77. The average molecular weight is 286 g/mol. The molecule has 3 nitrogen and oxygen atoms in total. The van der Waals surface area contributed by atoms with Gasteiger partial charge in [-0.3, -0.25) is 4.79 Å². The maximum Gasteiger partial charge on any atom is 0.240 e. The summed E-state index contributed by atoms with van der Waals surface area (Å²) in [5, 5.41) is 3.45. The quantitative estimate of drug-likeness (QED) is 0.906. The lowest BCUT2D eigenvalue weighted by Crippen LogP contribution is -2.56. The molecule has 0 spiro atoms. The number of nitrogens with one attached hydrogen (secondary N) is 1. The second-order valence-electron chi connectivity index (χ2n) is 7.16. The van der Waals surface area contributed by atoms with Crippen molar-refractivity contribution in [3.05, 3.63) is 35.9 Å². The van der Waals surface area contributed by atoms with Crippen LogP contribution < -0.4 is 5.32 Å². The summed E-state index contributed by atoms with van der Waals surface area (Å²) in [6.07, 6.45) is 3.39. The van der Waals surface area contributed by atoms with Gasteiger partial charge < -0.3 is 10.2 Å². The monoisotopic (exact) mass is 286 g/mol. The first-order valence-corrected chi connectivity index (χ1v) is 8.15. The Morgan fingerprint density at radius 1 is 1.29 bits per heavy atom. The van der Waals surface area contributed by atoms with Crippen LogP contribution in [0.3, 0.4) is 0 Å². The van der Waals surface area contributed by atoms with Crippen LogP contribution in [0.4, 0.5) is 0 Å². The lowest BCUT2D eigenvalue weighted by molar-refractivity contribution is -0.136. The number of amides is 1. The van der Waals surface area contributed by atoms with Gasteiger partial charge in [0.05, 0.1) is 6.04 Å². The zero-order valence-electron chi connectivity index (χ0n) is 13.1. The van der Waals surface area contributed by atoms with Gasteiger partial charge in [-0.05, 0) is 36.8 Å². The smallest absolute Gasteiger partial charge is 0.240 e. The average Bonchev–Trinajstić information content (AvgIpc) is 2.97. The van der Waals surface area contributed by atoms with E-state index in [9.17, 15) is 4.79 Å². The normalized spacial score (nSPS) is 28.6. The summed E-state index contributed by atoms with van der Waals surface area (Å²) in [5.74, 6) is 0.806. The topological polar surface area (TPSA) is 32.3 Å². The number of carbonyl (C=O) groups is 1. The van der Waals surface area contributed by atoms with Gasteiger partial charge in [0.1, 0.15) is 0 Å². The Bertz CT molecular complexity index is 497. The van der Waals surface area contributed by atoms with E-state index in [0.29, 0.717) is 11.8 Å². The van der Waals surface area contributed by atoms with Gasteiger partial charge in [-0.15, -0.1) is 0 Å². The van der Waals surface area contributed by atoms with E-state index in [-0.39, 0.29) is 11.5 Å². The van der Waals surface area contributed by atoms with Gasteiger partial charge in [0.25, 0.3) is 0 Å². The fraction of sp³-hybridized carbons (Fsp3) is 0.611. The third-order valence-electron chi connectivity index (χ3n) is 5.15. The number of piperidine rings is 1. The highest BCUT2D eigenvalue weighted by atomic mass is 16.2. The van der Waals surface area contributed by atoms with E-state index in [1.54, 1.807) is 0 Å². The molecular weight excluding hydrogens is 260 g/mol. The number of hydrogen-bond acceptors (Lipinski definition) is 2. The summed E-state index contributed by atoms with van der Waals surface area (Å²) in [4.78, 5) is 14.9. The van der Waals surface area contributed by atoms with Crippen LogP contribution in [0.25, 0.3) is 0 Å². The highest BCUT2D eigenvalue weighted by Crippen LogP contribution is 2.33. The van der Waals surface area contributed by atoms with Crippen molar-refractivity contribution in [3.63, 3.8) is 0 Å². The highest BCUT2D eigenvalue weighted by molar-refractivity contribution is 5.83. The van der Waals surface area contributed by atoms with Gasteiger partial charge in [-0.1, -0.05) is 44.2 Å². The first-order chi connectivity index (χ1) is 10.1. The van der Waals surface area contributed by atoms with Gasteiger partial charge in [-0.2, -0.15) is 0 Å². The molecule has 3 heteroatoms. The van der Waals surface area contributed by atoms with Crippen molar-refractivity contribution in [2.75, 3.05) is 19.6 Å². The van der Waals surface area contributed by atoms with Crippen LogP contribution in [-0.4, -0.2) is 36.5 Å². The molecule has 1 aromatic carbocycles. The summed E-state index contributed by atoms with van der Waals surface area (Å²) in [6.45, 7) is 7.17. The Balaban J connectivity index is 1.67. The molecule has 2 saturated heterocycles. The van der Waals surface area contributed by atoms with Crippen molar-refractivity contribution in [3.8, 4) is 0 Å². The van der Waals surface area contributed by atoms with Crippen LogP contribution >= 0.6 is 0 Å². The van der Waals surface area contributed by atoms with Gasteiger partial charge >= 0.3 is 0 Å². The zero-order chi connectivity index (χ0) is 14.9. The molecule has 0 saturated carbocycles. The predicted octanol–water partition coefficient (Wildman–Crippen LogP) is 2.78. The van der Waals surface area contributed by atoms with E-state index in [1.807, 2.05) is 0 Å². The van der Waals surface area contributed by atoms with Crippen molar-refractivity contribution in [1.29, 1.82) is 0 Å². The number of hydrogen-bond donors (Lipinski definition) is 1. The first kappa shape index (κ1) is 14.6. The SMILES string of the molecule is CC1(C)CCCNC1C(=O)N1CCC(c2ccccc2)C1. The molecule has 0 aromatic heterocycles. The van der Waals surface area contributed by atoms with Crippen molar-refractivity contribution in [2.24, 2.45) is 5.41 Å². The first-order valence-electron chi connectivity index (χ1n) is 8.15. The van der Waals surface area contributed by atoms with Crippen molar-refractivity contribution in [1.82, 2.24) is 10.2 Å². The van der Waals surface area contributed by atoms with Gasteiger partial charge in [0, 0.05) is 19.0 Å². The molecule has 1 N–H and O–H groups in total. The molecule has 3 rings (SSSR count). The van der Waals surface area contributed by atoms with E-state index >= 15 is 0 Å².